The smallest absolute Gasteiger partial charge is 0.326 e. The number of aromatic nitrogens is 1. The van der Waals surface area contributed by atoms with Gasteiger partial charge in [0.1, 0.15) is 12.1 Å². The molecule has 7 heteroatoms. The first-order chi connectivity index (χ1) is 11.6. The second-order valence-corrected chi connectivity index (χ2v) is 6.32. The molecule has 2 heterocycles. The third-order valence-corrected chi connectivity index (χ3v) is 4.56. The molecule has 3 rings (SSSR count). The van der Waals surface area contributed by atoms with Crippen LogP contribution in [0.25, 0.3) is 0 Å². The van der Waals surface area contributed by atoms with Gasteiger partial charge in [0.2, 0.25) is 5.88 Å². The van der Waals surface area contributed by atoms with E-state index in [-0.39, 0.29) is 12.0 Å². The quantitative estimate of drug-likeness (QED) is 0.820. The number of ether oxygens (including phenoxy) is 2. The van der Waals surface area contributed by atoms with Crippen LogP contribution in [0.4, 0.5) is 0 Å². The summed E-state index contributed by atoms with van der Waals surface area (Å²) >= 11 is 0. The van der Waals surface area contributed by atoms with Crippen LogP contribution in [0.5, 0.6) is 5.88 Å². The third-order valence-electron chi connectivity index (χ3n) is 4.56. The summed E-state index contributed by atoms with van der Waals surface area (Å²) in [5, 5.41) is 12.0. The van der Waals surface area contributed by atoms with Crippen molar-refractivity contribution in [2.75, 3.05) is 13.2 Å². The Morgan fingerprint density at radius 1 is 1.33 bits per heavy atom. The highest BCUT2D eigenvalue weighted by Crippen LogP contribution is 2.24. The fraction of sp³-hybridized carbons (Fsp3) is 0.588. The molecule has 1 aromatic heterocycles. The number of carbonyl (C=O) groups excluding carboxylic acids is 1. The Bertz CT molecular complexity index is 596. The van der Waals surface area contributed by atoms with E-state index in [1.54, 1.807) is 12.1 Å². The van der Waals surface area contributed by atoms with E-state index in [9.17, 15) is 14.7 Å². The molecule has 1 saturated heterocycles. The Balaban J connectivity index is 1.65. The molecule has 0 spiro atoms. The zero-order valence-corrected chi connectivity index (χ0v) is 13.4. The van der Waals surface area contributed by atoms with Crippen LogP contribution in [0.1, 0.15) is 42.5 Å². The maximum absolute atomic E-state index is 12.4. The number of rotatable bonds is 6. The summed E-state index contributed by atoms with van der Waals surface area (Å²) < 4.78 is 11.0. The molecule has 2 unspecified atom stereocenters. The SMILES string of the molecule is O=C(NC(C(=O)O)C1CCCOC1)c1ccnc(OC2CCC2)c1. The summed E-state index contributed by atoms with van der Waals surface area (Å²) in [4.78, 5) is 28.1. The molecule has 7 nitrogen and oxygen atoms in total. The molecule has 1 amide bonds. The average Bonchev–Trinajstić information content (AvgIpc) is 2.56. The maximum atomic E-state index is 12.4. The molecule has 1 aliphatic heterocycles. The van der Waals surface area contributed by atoms with Crippen molar-refractivity contribution >= 4 is 11.9 Å². The van der Waals surface area contributed by atoms with Gasteiger partial charge in [-0.05, 0) is 38.2 Å². The number of pyridine rings is 1. The van der Waals surface area contributed by atoms with Crippen LogP contribution in [0.15, 0.2) is 18.3 Å². The lowest BCUT2D eigenvalue weighted by Gasteiger charge is -2.28. The third kappa shape index (κ3) is 4.03. The molecule has 1 aliphatic carbocycles. The van der Waals surface area contributed by atoms with Crippen molar-refractivity contribution in [2.24, 2.45) is 5.92 Å². The fourth-order valence-corrected chi connectivity index (χ4v) is 2.91. The summed E-state index contributed by atoms with van der Waals surface area (Å²) in [6.45, 7) is 0.993. The van der Waals surface area contributed by atoms with E-state index in [2.05, 4.69) is 10.3 Å². The fourth-order valence-electron chi connectivity index (χ4n) is 2.91. The zero-order valence-electron chi connectivity index (χ0n) is 13.4. The van der Waals surface area contributed by atoms with Crippen LogP contribution in [-0.2, 0) is 9.53 Å². The number of amides is 1. The molecule has 1 saturated carbocycles. The lowest BCUT2D eigenvalue weighted by Crippen LogP contribution is -2.48. The van der Waals surface area contributed by atoms with Gasteiger partial charge in [-0.3, -0.25) is 4.79 Å². The van der Waals surface area contributed by atoms with E-state index in [1.807, 2.05) is 0 Å². The van der Waals surface area contributed by atoms with E-state index in [4.69, 9.17) is 9.47 Å². The van der Waals surface area contributed by atoms with Crippen LogP contribution < -0.4 is 10.1 Å². The number of nitrogens with one attached hydrogen (secondary N) is 1. The van der Waals surface area contributed by atoms with Crippen LogP contribution in [0, 0.1) is 5.92 Å². The van der Waals surface area contributed by atoms with Gasteiger partial charge in [-0.2, -0.15) is 0 Å². The van der Waals surface area contributed by atoms with Crippen LogP contribution >= 0.6 is 0 Å². The molecule has 24 heavy (non-hydrogen) atoms. The van der Waals surface area contributed by atoms with Gasteiger partial charge >= 0.3 is 5.97 Å². The first-order valence-electron chi connectivity index (χ1n) is 8.37. The molecule has 2 N–H and O–H groups in total. The molecule has 0 bridgehead atoms. The molecular weight excluding hydrogens is 312 g/mol. The average molecular weight is 334 g/mol. The highest BCUT2D eigenvalue weighted by atomic mass is 16.5. The number of hydrogen-bond acceptors (Lipinski definition) is 5. The van der Waals surface area contributed by atoms with Gasteiger partial charge in [-0.25, -0.2) is 9.78 Å². The van der Waals surface area contributed by atoms with Crippen molar-refractivity contribution < 1.29 is 24.2 Å². The Morgan fingerprint density at radius 3 is 2.79 bits per heavy atom. The first-order valence-corrected chi connectivity index (χ1v) is 8.37. The van der Waals surface area contributed by atoms with Gasteiger partial charge in [-0.15, -0.1) is 0 Å². The van der Waals surface area contributed by atoms with Gasteiger partial charge in [0.25, 0.3) is 5.91 Å². The lowest BCUT2D eigenvalue weighted by atomic mass is 9.93. The number of carboxylic acids is 1. The second-order valence-electron chi connectivity index (χ2n) is 6.32. The van der Waals surface area contributed by atoms with Gasteiger partial charge in [0.05, 0.1) is 6.61 Å². The lowest BCUT2D eigenvalue weighted by molar-refractivity contribution is -0.142. The maximum Gasteiger partial charge on any atom is 0.326 e. The van der Waals surface area contributed by atoms with E-state index < -0.39 is 17.9 Å². The zero-order chi connectivity index (χ0) is 16.9. The second kappa shape index (κ2) is 7.61. The van der Waals surface area contributed by atoms with Crippen molar-refractivity contribution in [3.05, 3.63) is 23.9 Å². The summed E-state index contributed by atoms with van der Waals surface area (Å²) in [5.74, 6) is -1.29. The van der Waals surface area contributed by atoms with Gasteiger partial charge in [0, 0.05) is 30.4 Å². The van der Waals surface area contributed by atoms with Crippen molar-refractivity contribution in [1.82, 2.24) is 10.3 Å². The minimum absolute atomic E-state index is 0.168. The largest absolute Gasteiger partial charge is 0.480 e. The van der Waals surface area contributed by atoms with E-state index in [0.29, 0.717) is 24.7 Å². The summed E-state index contributed by atoms with van der Waals surface area (Å²) in [7, 11) is 0. The monoisotopic (exact) mass is 334 g/mol. The Kier molecular flexibility index (Phi) is 5.30. The Labute approximate surface area is 140 Å². The standard InChI is InChI=1S/C17H22N2O5/c20-16(19-15(17(21)22)12-3-2-8-23-10-12)11-6-7-18-14(9-11)24-13-4-1-5-13/h6-7,9,12-13,15H,1-5,8,10H2,(H,19,20)(H,21,22). The van der Waals surface area contributed by atoms with Crippen LogP contribution in [-0.4, -0.2) is 47.3 Å². The Hall–Kier alpha value is -2.15. The van der Waals surface area contributed by atoms with Crippen molar-refractivity contribution in [3.63, 3.8) is 0 Å². The molecule has 2 atom stereocenters. The first kappa shape index (κ1) is 16.7. The van der Waals surface area contributed by atoms with Crippen LogP contribution in [0.2, 0.25) is 0 Å². The minimum atomic E-state index is -1.04. The number of nitrogens with zero attached hydrogens (tertiary/aromatic N) is 1. The molecule has 0 radical (unpaired) electrons. The predicted molar refractivity (Wildman–Crippen MR) is 84.9 cm³/mol. The number of aliphatic carboxylic acids is 1. The minimum Gasteiger partial charge on any atom is -0.480 e. The van der Waals surface area contributed by atoms with E-state index >= 15 is 0 Å². The van der Waals surface area contributed by atoms with Gasteiger partial charge in [0.15, 0.2) is 0 Å². The Morgan fingerprint density at radius 2 is 2.17 bits per heavy atom. The van der Waals surface area contributed by atoms with E-state index in [0.717, 1.165) is 32.1 Å². The predicted octanol–water partition coefficient (Wildman–Crippen LogP) is 1.62. The molecule has 2 aliphatic rings. The topological polar surface area (TPSA) is 97.8 Å². The summed E-state index contributed by atoms with van der Waals surface area (Å²) in [5.41, 5.74) is 0.349. The highest BCUT2D eigenvalue weighted by molar-refractivity contribution is 5.96. The van der Waals surface area contributed by atoms with Gasteiger partial charge in [-0.1, -0.05) is 0 Å². The highest BCUT2D eigenvalue weighted by Gasteiger charge is 2.31. The van der Waals surface area contributed by atoms with Gasteiger partial charge < -0.3 is 19.9 Å². The number of hydrogen-bond donors (Lipinski definition) is 2. The summed E-state index contributed by atoms with van der Waals surface area (Å²) in [6, 6.07) is 2.16. The van der Waals surface area contributed by atoms with E-state index in [1.165, 1.54) is 6.20 Å². The number of carbonyl (C=O) groups is 2. The summed E-state index contributed by atoms with van der Waals surface area (Å²) in [6.07, 6.45) is 6.35. The van der Waals surface area contributed by atoms with Crippen molar-refractivity contribution in [3.8, 4) is 5.88 Å². The van der Waals surface area contributed by atoms with Crippen molar-refractivity contribution in [1.29, 1.82) is 0 Å². The normalized spacial score (nSPS) is 22.2. The molecule has 2 fully saturated rings. The molecular formula is C17H22N2O5. The molecule has 1 aromatic rings. The molecule has 0 aromatic carbocycles. The molecule has 130 valence electrons. The van der Waals surface area contributed by atoms with Crippen molar-refractivity contribution in [2.45, 2.75) is 44.2 Å². The number of carboxylic acid groups (broad SMARTS) is 1. The van der Waals surface area contributed by atoms with Crippen LogP contribution in [0.3, 0.4) is 0 Å².